The quantitative estimate of drug-likeness (QED) is 0.883. The molecule has 0 aliphatic rings. The van der Waals surface area contributed by atoms with Gasteiger partial charge in [-0.15, -0.1) is 0 Å². The van der Waals surface area contributed by atoms with Gasteiger partial charge < -0.3 is 10.2 Å². The standard InChI is InChI=1S/C14H22ClFN2/c1-6-17-13(14(2,3)18(4)5)11-9-10(16)7-8-12(11)15/h7-9,13,17H,6H2,1-5H3. The summed E-state index contributed by atoms with van der Waals surface area (Å²) < 4.78 is 13.4. The Morgan fingerprint density at radius 3 is 2.50 bits per heavy atom. The Morgan fingerprint density at radius 1 is 1.39 bits per heavy atom. The van der Waals surface area contributed by atoms with Gasteiger partial charge in [0.05, 0.1) is 6.04 Å². The molecule has 0 aliphatic heterocycles. The molecule has 1 aromatic rings. The van der Waals surface area contributed by atoms with Gasteiger partial charge in [-0.2, -0.15) is 0 Å². The zero-order valence-corrected chi connectivity index (χ0v) is 12.5. The highest BCUT2D eigenvalue weighted by atomic mass is 35.5. The van der Waals surface area contributed by atoms with E-state index in [9.17, 15) is 4.39 Å². The van der Waals surface area contributed by atoms with E-state index in [1.54, 1.807) is 6.07 Å². The fourth-order valence-corrected chi connectivity index (χ4v) is 2.17. The second kappa shape index (κ2) is 6.00. The summed E-state index contributed by atoms with van der Waals surface area (Å²) in [5.41, 5.74) is 0.630. The van der Waals surface area contributed by atoms with Crippen molar-refractivity contribution in [2.24, 2.45) is 0 Å². The lowest BCUT2D eigenvalue weighted by Gasteiger charge is -2.41. The number of nitrogens with zero attached hydrogens (tertiary/aromatic N) is 1. The molecule has 0 bridgehead atoms. The van der Waals surface area contributed by atoms with Gasteiger partial charge in [-0.25, -0.2) is 4.39 Å². The van der Waals surface area contributed by atoms with Crippen LogP contribution in [0.5, 0.6) is 0 Å². The molecule has 0 heterocycles. The monoisotopic (exact) mass is 272 g/mol. The van der Waals surface area contributed by atoms with E-state index >= 15 is 0 Å². The summed E-state index contributed by atoms with van der Waals surface area (Å²) in [6.45, 7) is 7.06. The Hall–Kier alpha value is -0.640. The zero-order valence-electron chi connectivity index (χ0n) is 11.7. The average molecular weight is 273 g/mol. The second-order valence-corrected chi connectivity index (χ2v) is 5.61. The molecule has 1 atom stereocenters. The first kappa shape index (κ1) is 15.4. The van der Waals surface area contributed by atoms with E-state index in [0.717, 1.165) is 12.1 Å². The lowest BCUT2D eigenvalue weighted by atomic mass is 9.87. The van der Waals surface area contributed by atoms with Gasteiger partial charge in [0.1, 0.15) is 5.82 Å². The maximum atomic E-state index is 13.4. The SMILES string of the molecule is CCNC(c1cc(F)ccc1Cl)C(C)(C)N(C)C. The van der Waals surface area contributed by atoms with E-state index in [0.29, 0.717) is 5.02 Å². The van der Waals surface area contributed by atoms with Crippen LogP contribution in [0.4, 0.5) is 4.39 Å². The predicted molar refractivity (Wildman–Crippen MR) is 75.6 cm³/mol. The van der Waals surface area contributed by atoms with Crippen LogP contribution in [0.3, 0.4) is 0 Å². The van der Waals surface area contributed by atoms with Crippen LogP contribution in [0.1, 0.15) is 32.4 Å². The molecule has 0 radical (unpaired) electrons. The third-order valence-electron chi connectivity index (χ3n) is 3.54. The largest absolute Gasteiger partial charge is 0.309 e. The number of halogens is 2. The molecular formula is C14H22ClFN2. The van der Waals surface area contributed by atoms with Crippen LogP contribution in [0.25, 0.3) is 0 Å². The molecule has 0 amide bonds. The summed E-state index contributed by atoms with van der Waals surface area (Å²) >= 11 is 6.21. The van der Waals surface area contributed by atoms with Crippen molar-refractivity contribution in [3.63, 3.8) is 0 Å². The second-order valence-electron chi connectivity index (χ2n) is 5.20. The summed E-state index contributed by atoms with van der Waals surface area (Å²) in [7, 11) is 4.02. The summed E-state index contributed by atoms with van der Waals surface area (Å²) in [6.07, 6.45) is 0. The molecule has 0 aliphatic carbocycles. The van der Waals surface area contributed by atoms with Crippen molar-refractivity contribution in [1.82, 2.24) is 10.2 Å². The van der Waals surface area contributed by atoms with E-state index in [2.05, 4.69) is 24.1 Å². The minimum absolute atomic E-state index is 0.0271. The number of likely N-dealkylation sites (N-methyl/N-ethyl adjacent to an activating group) is 2. The zero-order chi connectivity index (χ0) is 13.9. The molecule has 1 N–H and O–H groups in total. The predicted octanol–water partition coefficient (Wildman–Crippen LogP) is 3.47. The van der Waals surface area contributed by atoms with Gasteiger partial charge in [-0.1, -0.05) is 18.5 Å². The third-order valence-corrected chi connectivity index (χ3v) is 3.88. The van der Waals surface area contributed by atoms with E-state index < -0.39 is 0 Å². The van der Waals surface area contributed by atoms with Gasteiger partial charge in [0, 0.05) is 10.6 Å². The van der Waals surface area contributed by atoms with Crippen molar-refractivity contribution in [2.45, 2.75) is 32.4 Å². The maximum absolute atomic E-state index is 13.4. The van der Waals surface area contributed by atoms with Gasteiger partial charge in [0.2, 0.25) is 0 Å². The Bertz CT molecular complexity index is 405. The van der Waals surface area contributed by atoms with Gasteiger partial charge in [-0.05, 0) is 58.3 Å². The molecule has 1 aromatic carbocycles. The van der Waals surface area contributed by atoms with Crippen LogP contribution in [0.15, 0.2) is 18.2 Å². The third kappa shape index (κ3) is 3.22. The lowest BCUT2D eigenvalue weighted by molar-refractivity contribution is 0.139. The number of benzene rings is 1. The Morgan fingerprint density at radius 2 is 2.00 bits per heavy atom. The van der Waals surface area contributed by atoms with Crippen LogP contribution in [-0.4, -0.2) is 31.1 Å². The topological polar surface area (TPSA) is 15.3 Å². The van der Waals surface area contributed by atoms with Gasteiger partial charge in [-0.3, -0.25) is 0 Å². The molecule has 0 spiro atoms. The first-order valence-electron chi connectivity index (χ1n) is 6.16. The summed E-state index contributed by atoms with van der Waals surface area (Å²) in [6, 6.07) is 4.49. The van der Waals surface area contributed by atoms with E-state index in [-0.39, 0.29) is 17.4 Å². The van der Waals surface area contributed by atoms with Crippen molar-refractivity contribution < 1.29 is 4.39 Å². The van der Waals surface area contributed by atoms with Crippen molar-refractivity contribution >= 4 is 11.6 Å². The molecule has 0 saturated heterocycles. The summed E-state index contributed by atoms with van der Waals surface area (Å²) in [5.74, 6) is -0.258. The molecule has 0 fully saturated rings. The van der Waals surface area contributed by atoms with Gasteiger partial charge in [0.15, 0.2) is 0 Å². The number of rotatable bonds is 5. The van der Waals surface area contributed by atoms with E-state index in [1.165, 1.54) is 12.1 Å². The molecule has 18 heavy (non-hydrogen) atoms. The van der Waals surface area contributed by atoms with Crippen molar-refractivity contribution in [3.05, 3.63) is 34.6 Å². The normalized spacial score (nSPS) is 14.0. The number of hydrogen-bond acceptors (Lipinski definition) is 2. The minimum atomic E-state index is -0.258. The van der Waals surface area contributed by atoms with Gasteiger partial charge in [0.25, 0.3) is 0 Å². The van der Waals surface area contributed by atoms with Crippen molar-refractivity contribution in [2.75, 3.05) is 20.6 Å². The van der Waals surface area contributed by atoms with Crippen LogP contribution < -0.4 is 5.32 Å². The van der Waals surface area contributed by atoms with Crippen molar-refractivity contribution in [1.29, 1.82) is 0 Å². The maximum Gasteiger partial charge on any atom is 0.123 e. The first-order chi connectivity index (χ1) is 8.30. The van der Waals surface area contributed by atoms with Crippen molar-refractivity contribution in [3.8, 4) is 0 Å². The Balaban J connectivity index is 3.23. The van der Waals surface area contributed by atoms with Crippen LogP contribution in [0, 0.1) is 5.82 Å². The fraction of sp³-hybridized carbons (Fsp3) is 0.571. The fourth-order valence-electron chi connectivity index (χ4n) is 1.94. The molecule has 0 aromatic heterocycles. The molecule has 0 saturated carbocycles. The Kier molecular flexibility index (Phi) is 5.14. The molecular weight excluding hydrogens is 251 g/mol. The van der Waals surface area contributed by atoms with Gasteiger partial charge >= 0.3 is 0 Å². The molecule has 4 heteroatoms. The highest BCUT2D eigenvalue weighted by molar-refractivity contribution is 6.31. The summed E-state index contributed by atoms with van der Waals surface area (Å²) in [5, 5.41) is 3.99. The van der Waals surface area contributed by atoms with Crippen LogP contribution >= 0.6 is 11.6 Å². The first-order valence-corrected chi connectivity index (χ1v) is 6.54. The molecule has 1 rings (SSSR count). The lowest BCUT2D eigenvalue weighted by Crippen LogP contribution is -2.49. The van der Waals surface area contributed by atoms with Crippen LogP contribution in [-0.2, 0) is 0 Å². The highest BCUT2D eigenvalue weighted by Crippen LogP contribution is 2.34. The summed E-state index contributed by atoms with van der Waals surface area (Å²) in [4.78, 5) is 2.11. The number of hydrogen-bond donors (Lipinski definition) is 1. The van der Waals surface area contributed by atoms with E-state index in [1.807, 2.05) is 21.0 Å². The minimum Gasteiger partial charge on any atom is -0.309 e. The smallest absolute Gasteiger partial charge is 0.123 e. The number of nitrogens with one attached hydrogen (secondary N) is 1. The molecule has 2 nitrogen and oxygen atoms in total. The Labute approximate surface area is 114 Å². The molecule has 1 unspecified atom stereocenters. The van der Waals surface area contributed by atoms with Crippen LogP contribution in [0.2, 0.25) is 5.02 Å². The molecule has 102 valence electrons. The highest BCUT2D eigenvalue weighted by Gasteiger charge is 2.33. The average Bonchev–Trinajstić information content (AvgIpc) is 2.29. The van der Waals surface area contributed by atoms with E-state index in [4.69, 9.17) is 11.6 Å².